The fourth-order valence-electron chi connectivity index (χ4n) is 3.15. The van der Waals surface area contributed by atoms with E-state index in [1.54, 1.807) is 43.3 Å². The molecule has 2 aromatic carbocycles. The summed E-state index contributed by atoms with van der Waals surface area (Å²) in [6.45, 7) is 1.78. The van der Waals surface area contributed by atoms with Crippen molar-refractivity contribution < 1.29 is 9.53 Å². The van der Waals surface area contributed by atoms with Crippen LogP contribution in [0.4, 0.5) is 5.69 Å². The first kappa shape index (κ1) is 19.7. The first-order valence-corrected chi connectivity index (χ1v) is 9.50. The zero-order valence-electron chi connectivity index (χ0n) is 16.3. The van der Waals surface area contributed by atoms with E-state index in [4.69, 9.17) is 16.3 Å². The second-order valence-corrected chi connectivity index (χ2v) is 7.05. The van der Waals surface area contributed by atoms with Crippen LogP contribution in [-0.4, -0.2) is 32.6 Å². The van der Waals surface area contributed by atoms with E-state index in [1.165, 1.54) is 22.6 Å². The largest absolute Gasteiger partial charge is 0.495 e. The second kappa shape index (κ2) is 8.00. The molecule has 2 aromatic heterocycles. The Labute approximate surface area is 176 Å². The van der Waals surface area contributed by atoms with Crippen molar-refractivity contribution in [3.8, 4) is 5.75 Å². The number of carbonyl (C=O) groups excluding carboxylic acids is 1. The number of methoxy groups -OCH3 is 1. The summed E-state index contributed by atoms with van der Waals surface area (Å²) in [4.78, 5) is 35.7. The third kappa shape index (κ3) is 3.77. The highest BCUT2D eigenvalue weighted by atomic mass is 35.5. The molecule has 1 N–H and O–H groups in total. The predicted molar refractivity (Wildman–Crippen MR) is 113 cm³/mol. The van der Waals surface area contributed by atoms with Crippen LogP contribution in [-0.2, 0) is 6.54 Å². The zero-order valence-corrected chi connectivity index (χ0v) is 17.1. The van der Waals surface area contributed by atoms with Gasteiger partial charge in [0.1, 0.15) is 11.6 Å². The van der Waals surface area contributed by atoms with Crippen LogP contribution in [0.25, 0.3) is 5.78 Å². The Bertz CT molecular complexity index is 1300. The van der Waals surface area contributed by atoms with Gasteiger partial charge in [-0.2, -0.15) is 9.50 Å². The van der Waals surface area contributed by atoms with E-state index < -0.39 is 0 Å². The van der Waals surface area contributed by atoms with E-state index >= 15 is 0 Å². The summed E-state index contributed by atoms with van der Waals surface area (Å²) in [5.74, 6) is 0.866. The van der Waals surface area contributed by atoms with Gasteiger partial charge in [0.05, 0.1) is 19.3 Å². The van der Waals surface area contributed by atoms with Gasteiger partial charge in [0, 0.05) is 22.3 Å². The number of aromatic nitrogens is 4. The molecule has 0 aliphatic heterocycles. The number of para-hydroxylation sites is 2. The summed E-state index contributed by atoms with van der Waals surface area (Å²) in [6.07, 6.45) is 0. The van der Waals surface area contributed by atoms with E-state index in [0.29, 0.717) is 33.5 Å². The van der Waals surface area contributed by atoms with Crippen LogP contribution in [0.3, 0.4) is 0 Å². The lowest BCUT2D eigenvalue weighted by Gasteiger charge is -2.24. The lowest BCUT2D eigenvalue weighted by molar-refractivity contribution is 0.0983. The summed E-state index contributed by atoms with van der Waals surface area (Å²) in [5.41, 5.74) is 1.26. The number of aryl methyl sites for hydroxylation is 1. The van der Waals surface area contributed by atoms with Gasteiger partial charge in [-0.1, -0.05) is 29.8 Å². The van der Waals surface area contributed by atoms with Crippen LogP contribution in [0.15, 0.2) is 59.4 Å². The van der Waals surface area contributed by atoms with Crippen LogP contribution in [0.5, 0.6) is 5.75 Å². The summed E-state index contributed by atoms with van der Waals surface area (Å²) in [7, 11) is 1.54. The van der Waals surface area contributed by atoms with E-state index in [9.17, 15) is 9.59 Å². The number of nitrogens with zero attached hydrogens (tertiary/aromatic N) is 4. The molecule has 30 heavy (non-hydrogen) atoms. The van der Waals surface area contributed by atoms with Gasteiger partial charge in [0.25, 0.3) is 17.2 Å². The number of hydrogen-bond donors (Lipinski definition) is 1. The number of H-pyrrole nitrogens is 1. The molecule has 0 fully saturated rings. The van der Waals surface area contributed by atoms with Gasteiger partial charge in [0.2, 0.25) is 0 Å². The van der Waals surface area contributed by atoms with Gasteiger partial charge in [-0.05, 0) is 37.3 Å². The average molecular weight is 424 g/mol. The standard InChI is InChI=1S/C21H18ClN5O3/c1-13-10-19(28)27-21(23-13)24-18(25-27)12-26(16-8-3-4-9-17(16)30-2)20(29)14-6-5-7-15(22)11-14/h3-11H,12H2,1-2H3,(H,23,24,25). The molecule has 0 aliphatic carbocycles. The zero-order chi connectivity index (χ0) is 21.3. The topological polar surface area (TPSA) is 92.6 Å². The number of fused-ring (bicyclic) bond motifs is 1. The SMILES string of the molecule is COc1ccccc1N(Cc1nc2nc(C)cc(=O)n2[nH]1)C(=O)c1cccc(Cl)c1. The quantitative estimate of drug-likeness (QED) is 0.532. The first-order chi connectivity index (χ1) is 14.5. The minimum Gasteiger partial charge on any atom is -0.495 e. The van der Waals surface area contributed by atoms with Crippen molar-refractivity contribution in [1.82, 2.24) is 19.6 Å². The Morgan fingerprint density at radius 3 is 2.73 bits per heavy atom. The fourth-order valence-corrected chi connectivity index (χ4v) is 3.34. The van der Waals surface area contributed by atoms with Gasteiger partial charge < -0.3 is 4.74 Å². The third-order valence-electron chi connectivity index (χ3n) is 4.51. The molecule has 1 amide bonds. The molecule has 0 spiro atoms. The molecule has 0 unspecified atom stereocenters. The van der Waals surface area contributed by atoms with Crippen LogP contribution in [0, 0.1) is 6.92 Å². The molecule has 0 radical (unpaired) electrons. The lowest BCUT2D eigenvalue weighted by atomic mass is 10.1. The Morgan fingerprint density at radius 1 is 1.17 bits per heavy atom. The van der Waals surface area contributed by atoms with Crippen molar-refractivity contribution >= 4 is 29.0 Å². The highest BCUT2D eigenvalue weighted by molar-refractivity contribution is 6.31. The van der Waals surface area contributed by atoms with Crippen molar-refractivity contribution in [3.05, 3.63) is 87.1 Å². The minimum absolute atomic E-state index is 0.0631. The molecular formula is C21H18ClN5O3. The van der Waals surface area contributed by atoms with Gasteiger partial charge in [-0.25, -0.2) is 4.98 Å². The number of rotatable bonds is 5. The third-order valence-corrected chi connectivity index (χ3v) is 4.74. The Morgan fingerprint density at radius 2 is 1.97 bits per heavy atom. The first-order valence-electron chi connectivity index (χ1n) is 9.12. The van der Waals surface area contributed by atoms with Gasteiger partial charge in [0.15, 0.2) is 0 Å². The van der Waals surface area contributed by atoms with Crippen molar-refractivity contribution in [2.45, 2.75) is 13.5 Å². The fraction of sp³-hybridized carbons (Fsp3) is 0.143. The Kier molecular flexibility index (Phi) is 5.24. The molecule has 4 aromatic rings. The number of nitrogens with one attached hydrogen (secondary N) is 1. The number of ether oxygens (including phenoxy) is 1. The molecule has 0 saturated carbocycles. The summed E-state index contributed by atoms with van der Waals surface area (Å²) < 4.78 is 6.69. The molecule has 0 atom stereocenters. The second-order valence-electron chi connectivity index (χ2n) is 6.61. The van der Waals surface area contributed by atoms with E-state index in [0.717, 1.165) is 0 Å². The van der Waals surface area contributed by atoms with Gasteiger partial charge in [-0.15, -0.1) is 0 Å². The number of anilines is 1. The summed E-state index contributed by atoms with van der Waals surface area (Å²) in [6, 6.07) is 15.3. The lowest BCUT2D eigenvalue weighted by Crippen LogP contribution is -2.31. The summed E-state index contributed by atoms with van der Waals surface area (Å²) >= 11 is 6.08. The van der Waals surface area contributed by atoms with Gasteiger partial charge in [-0.3, -0.25) is 19.6 Å². The maximum atomic E-state index is 13.4. The smallest absolute Gasteiger partial charge is 0.274 e. The van der Waals surface area contributed by atoms with Crippen LogP contribution in [0.2, 0.25) is 5.02 Å². The van der Waals surface area contributed by atoms with Crippen LogP contribution < -0.4 is 15.2 Å². The number of amides is 1. The molecule has 0 aliphatic rings. The van der Waals surface area contributed by atoms with Crippen molar-refractivity contribution in [2.24, 2.45) is 0 Å². The molecular weight excluding hydrogens is 406 g/mol. The number of halogens is 1. The average Bonchev–Trinajstić information content (AvgIpc) is 3.14. The molecule has 152 valence electrons. The number of benzene rings is 2. The molecule has 8 nitrogen and oxygen atoms in total. The number of aromatic amines is 1. The molecule has 0 saturated heterocycles. The Hall–Kier alpha value is -3.65. The monoisotopic (exact) mass is 423 g/mol. The number of hydrogen-bond acceptors (Lipinski definition) is 5. The van der Waals surface area contributed by atoms with Crippen LogP contribution >= 0.6 is 11.6 Å². The van der Waals surface area contributed by atoms with Crippen molar-refractivity contribution in [3.63, 3.8) is 0 Å². The van der Waals surface area contributed by atoms with Gasteiger partial charge >= 0.3 is 0 Å². The maximum absolute atomic E-state index is 13.4. The highest BCUT2D eigenvalue weighted by Gasteiger charge is 2.23. The van der Waals surface area contributed by atoms with Crippen LogP contribution in [0.1, 0.15) is 21.9 Å². The van der Waals surface area contributed by atoms with E-state index in [1.807, 2.05) is 12.1 Å². The molecule has 0 bridgehead atoms. The minimum atomic E-state index is -0.293. The highest BCUT2D eigenvalue weighted by Crippen LogP contribution is 2.30. The summed E-state index contributed by atoms with van der Waals surface area (Å²) in [5, 5.41) is 3.37. The Balaban J connectivity index is 1.80. The van der Waals surface area contributed by atoms with E-state index in [2.05, 4.69) is 15.1 Å². The predicted octanol–water partition coefficient (Wildman–Crippen LogP) is 3.24. The normalized spacial score (nSPS) is 10.9. The van der Waals surface area contributed by atoms with E-state index in [-0.39, 0.29) is 23.8 Å². The molecule has 9 heteroatoms. The maximum Gasteiger partial charge on any atom is 0.274 e. The van der Waals surface area contributed by atoms with Crippen molar-refractivity contribution in [1.29, 1.82) is 0 Å². The molecule has 4 rings (SSSR count). The molecule has 2 heterocycles. The number of carbonyl (C=O) groups is 1. The van der Waals surface area contributed by atoms with Crippen molar-refractivity contribution in [2.75, 3.05) is 12.0 Å².